The van der Waals surface area contributed by atoms with Crippen LogP contribution in [0.25, 0.3) is 10.9 Å². The number of hydrogen-bond donors (Lipinski definition) is 0. The Hall–Kier alpha value is -2.76. The molecule has 1 aliphatic heterocycles. The quantitative estimate of drug-likeness (QED) is 0.723. The van der Waals surface area contributed by atoms with Gasteiger partial charge in [0.25, 0.3) is 5.91 Å². The summed E-state index contributed by atoms with van der Waals surface area (Å²) in [5, 5.41) is 4.85. The molecule has 6 nitrogen and oxygen atoms in total. The predicted molar refractivity (Wildman–Crippen MR) is 88.3 cm³/mol. The van der Waals surface area contributed by atoms with Crippen LogP contribution in [-0.2, 0) is 0 Å². The smallest absolute Gasteiger partial charge is 0.255 e. The van der Waals surface area contributed by atoms with Gasteiger partial charge >= 0.3 is 0 Å². The fourth-order valence-corrected chi connectivity index (χ4v) is 3.39. The van der Waals surface area contributed by atoms with Gasteiger partial charge in [-0.25, -0.2) is 0 Å². The van der Waals surface area contributed by atoms with E-state index in [1.165, 1.54) is 6.39 Å². The molecule has 0 radical (unpaired) electrons. The van der Waals surface area contributed by atoms with E-state index < -0.39 is 0 Å². The van der Waals surface area contributed by atoms with Gasteiger partial charge in [-0.3, -0.25) is 9.78 Å². The maximum atomic E-state index is 13.3. The third kappa shape index (κ3) is 2.64. The highest BCUT2D eigenvalue weighted by molar-refractivity contribution is 6.06. The van der Waals surface area contributed by atoms with Gasteiger partial charge in [0, 0.05) is 23.7 Å². The lowest BCUT2D eigenvalue weighted by Crippen LogP contribution is -2.35. The van der Waals surface area contributed by atoms with Crippen molar-refractivity contribution < 1.29 is 9.32 Å². The number of hydrogen-bond acceptors (Lipinski definition) is 5. The first kappa shape index (κ1) is 14.8. The molecule has 122 valence electrons. The molecule has 0 saturated carbocycles. The zero-order valence-corrected chi connectivity index (χ0v) is 13.3. The molecule has 1 fully saturated rings. The standard InChI is InChI=1S/C18H18N4O2/c23-18(14-6-4-8-15-13(14)7-5-10-19-15)22-11-3-1-2-9-16(22)17-20-12-24-21-17/h4-8,10,12,16H,1-3,9,11H2/t16-/m0/s1. The lowest BCUT2D eigenvalue weighted by Gasteiger charge is -2.28. The van der Waals surface area contributed by atoms with E-state index in [-0.39, 0.29) is 11.9 Å². The Balaban J connectivity index is 1.75. The van der Waals surface area contributed by atoms with E-state index in [1.54, 1.807) is 6.20 Å². The van der Waals surface area contributed by atoms with Crippen LogP contribution in [0.2, 0.25) is 0 Å². The van der Waals surface area contributed by atoms with Crippen molar-refractivity contribution in [2.75, 3.05) is 6.54 Å². The van der Waals surface area contributed by atoms with Gasteiger partial charge in [-0.2, -0.15) is 4.98 Å². The van der Waals surface area contributed by atoms with Crippen molar-refractivity contribution in [1.29, 1.82) is 0 Å². The SMILES string of the molecule is O=C(c1cccc2ncccc12)N1CCCCC[C@H]1c1ncon1. The monoisotopic (exact) mass is 322 g/mol. The van der Waals surface area contributed by atoms with E-state index >= 15 is 0 Å². The zero-order chi connectivity index (χ0) is 16.4. The Morgan fingerprint density at radius 1 is 1.12 bits per heavy atom. The van der Waals surface area contributed by atoms with Crippen molar-refractivity contribution >= 4 is 16.8 Å². The second kappa shape index (κ2) is 6.39. The Morgan fingerprint density at radius 3 is 2.96 bits per heavy atom. The number of nitrogens with zero attached hydrogens (tertiary/aromatic N) is 4. The van der Waals surface area contributed by atoms with Gasteiger partial charge in [0.05, 0.1) is 11.6 Å². The molecule has 1 saturated heterocycles. The molecule has 0 aliphatic carbocycles. The first-order valence-corrected chi connectivity index (χ1v) is 8.25. The lowest BCUT2D eigenvalue weighted by atomic mass is 10.0. The van der Waals surface area contributed by atoms with Crippen LogP contribution in [0.5, 0.6) is 0 Å². The summed E-state index contributed by atoms with van der Waals surface area (Å²) in [5.41, 5.74) is 1.50. The Morgan fingerprint density at radius 2 is 2.08 bits per heavy atom. The van der Waals surface area contributed by atoms with Crippen LogP contribution in [0.4, 0.5) is 0 Å². The third-order valence-electron chi connectivity index (χ3n) is 4.57. The number of carbonyl (C=O) groups is 1. The molecule has 1 aliphatic rings. The number of rotatable bonds is 2. The molecule has 0 N–H and O–H groups in total. The van der Waals surface area contributed by atoms with Gasteiger partial charge in [0.1, 0.15) is 0 Å². The molecule has 3 heterocycles. The molecule has 1 aromatic carbocycles. The fourth-order valence-electron chi connectivity index (χ4n) is 3.39. The van der Waals surface area contributed by atoms with E-state index in [4.69, 9.17) is 4.52 Å². The normalized spacial score (nSPS) is 18.5. The number of benzene rings is 1. The zero-order valence-electron chi connectivity index (χ0n) is 13.3. The van der Waals surface area contributed by atoms with Crippen molar-refractivity contribution in [1.82, 2.24) is 20.0 Å². The molecule has 1 atom stereocenters. The molecule has 4 rings (SSSR count). The van der Waals surface area contributed by atoms with Gasteiger partial charge < -0.3 is 9.42 Å². The van der Waals surface area contributed by atoms with E-state index in [9.17, 15) is 4.79 Å². The van der Waals surface area contributed by atoms with Gasteiger partial charge in [0.15, 0.2) is 5.82 Å². The Labute approximate surface area is 139 Å². The minimum Gasteiger partial charge on any atom is -0.343 e. The molecule has 0 spiro atoms. The van der Waals surface area contributed by atoms with Crippen molar-refractivity contribution in [3.05, 3.63) is 54.3 Å². The van der Waals surface area contributed by atoms with Crippen molar-refractivity contribution in [3.63, 3.8) is 0 Å². The average molecular weight is 322 g/mol. The molecule has 3 aromatic rings. The molecular weight excluding hydrogens is 304 g/mol. The second-order valence-electron chi connectivity index (χ2n) is 6.03. The summed E-state index contributed by atoms with van der Waals surface area (Å²) in [6.07, 6.45) is 7.07. The largest absolute Gasteiger partial charge is 0.343 e. The van der Waals surface area contributed by atoms with Gasteiger partial charge in [0.2, 0.25) is 6.39 Å². The van der Waals surface area contributed by atoms with Crippen LogP contribution >= 0.6 is 0 Å². The van der Waals surface area contributed by atoms with E-state index in [0.717, 1.165) is 36.6 Å². The number of amides is 1. The Bertz CT molecular complexity index is 842. The number of aromatic nitrogens is 3. The number of carbonyl (C=O) groups excluding carboxylic acids is 1. The number of likely N-dealkylation sites (tertiary alicyclic amines) is 1. The summed E-state index contributed by atoms with van der Waals surface area (Å²) in [6, 6.07) is 9.33. The second-order valence-corrected chi connectivity index (χ2v) is 6.03. The Kier molecular flexibility index (Phi) is 3.94. The first-order valence-electron chi connectivity index (χ1n) is 8.25. The first-order chi connectivity index (χ1) is 11.8. The molecule has 0 bridgehead atoms. The summed E-state index contributed by atoms with van der Waals surface area (Å²) in [6.45, 7) is 0.703. The van der Waals surface area contributed by atoms with Crippen LogP contribution < -0.4 is 0 Å². The summed E-state index contributed by atoms with van der Waals surface area (Å²) in [5.74, 6) is 0.592. The van der Waals surface area contributed by atoms with Gasteiger partial charge in [-0.05, 0) is 31.0 Å². The summed E-state index contributed by atoms with van der Waals surface area (Å²) in [4.78, 5) is 23.7. The molecule has 0 unspecified atom stereocenters. The minimum atomic E-state index is -0.134. The topological polar surface area (TPSA) is 72.1 Å². The molecule has 6 heteroatoms. The van der Waals surface area contributed by atoms with Gasteiger partial charge in [-0.1, -0.05) is 30.1 Å². The summed E-state index contributed by atoms with van der Waals surface area (Å²) >= 11 is 0. The fraction of sp³-hybridized carbons (Fsp3) is 0.333. The van der Waals surface area contributed by atoms with Crippen LogP contribution in [0.3, 0.4) is 0 Å². The molecule has 1 amide bonds. The average Bonchev–Trinajstić information content (AvgIpc) is 3.05. The maximum Gasteiger partial charge on any atom is 0.255 e. The van der Waals surface area contributed by atoms with Crippen molar-refractivity contribution in [2.24, 2.45) is 0 Å². The highest BCUT2D eigenvalue weighted by atomic mass is 16.5. The van der Waals surface area contributed by atoms with Crippen LogP contribution in [0.15, 0.2) is 47.4 Å². The predicted octanol–water partition coefficient (Wildman–Crippen LogP) is 3.38. The van der Waals surface area contributed by atoms with Crippen LogP contribution in [0, 0.1) is 0 Å². The minimum absolute atomic E-state index is 0.00491. The number of fused-ring (bicyclic) bond motifs is 1. The highest BCUT2D eigenvalue weighted by Gasteiger charge is 2.30. The highest BCUT2D eigenvalue weighted by Crippen LogP contribution is 2.30. The van der Waals surface area contributed by atoms with Crippen LogP contribution in [0.1, 0.15) is 47.9 Å². The third-order valence-corrected chi connectivity index (χ3v) is 4.57. The van der Waals surface area contributed by atoms with Gasteiger partial charge in [-0.15, -0.1) is 0 Å². The van der Waals surface area contributed by atoms with Crippen molar-refractivity contribution in [3.8, 4) is 0 Å². The molecule has 24 heavy (non-hydrogen) atoms. The molecule has 2 aromatic heterocycles. The van der Waals surface area contributed by atoms with E-state index in [0.29, 0.717) is 17.9 Å². The number of pyridine rings is 1. The lowest BCUT2D eigenvalue weighted by molar-refractivity contribution is 0.0672. The van der Waals surface area contributed by atoms with Crippen molar-refractivity contribution in [2.45, 2.75) is 31.7 Å². The molecular formula is C18H18N4O2. The van der Waals surface area contributed by atoms with E-state index in [1.807, 2.05) is 35.2 Å². The summed E-state index contributed by atoms with van der Waals surface area (Å²) < 4.78 is 4.90. The van der Waals surface area contributed by atoms with E-state index in [2.05, 4.69) is 15.1 Å². The maximum absolute atomic E-state index is 13.3. The van der Waals surface area contributed by atoms with Crippen LogP contribution in [-0.4, -0.2) is 32.5 Å². The summed E-state index contributed by atoms with van der Waals surface area (Å²) in [7, 11) is 0.